The third-order valence-corrected chi connectivity index (χ3v) is 6.33. The summed E-state index contributed by atoms with van der Waals surface area (Å²) in [5.41, 5.74) is 0.126. The highest BCUT2D eigenvalue weighted by Crippen LogP contribution is 2.24. The van der Waals surface area contributed by atoms with Crippen LogP contribution in [-0.2, 0) is 16.6 Å². The number of sulfonamides is 1. The van der Waals surface area contributed by atoms with Crippen LogP contribution in [0, 0.1) is 5.82 Å². The van der Waals surface area contributed by atoms with Crippen LogP contribution < -0.4 is 4.72 Å². The molecule has 1 amide bonds. The van der Waals surface area contributed by atoms with Crippen molar-refractivity contribution >= 4 is 27.3 Å². The highest BCUT2D eigenvalue weighted by Gasteiger charge is 2.30. The smallest absolute Gasteiger partial charge is 0.254 e. The van der Waals surface area contributed by atoms with Gasteiger partial charge in [0.1, 0.15) is 10.7 Å². The van der Waals surface area contributed by atoms with Crippen molar-refractivity contribution in [3.63, 3.8) is 0 Å². The van der Waals surface area contributed by atoms with Crippen LogP contribution in [0.2, 0.25) is 0 Å². The fourth-order valence-electron chi connectivity index (χ4n) is 2.47. The van der Waals surface area contributed by atoms with Crippen LogP contribution >= 0.6 is 11.3 Å². The summed E-state index contributed by atoms with van der Waals surface area (Å²) >= 11 is 1.52. The SMILES string of the molecule is C=CCN(Cc1cccs1)C(=O)c1ccc(F)c(S(=O)(=O)NC2CC2)c1. The maximum atomic E-state index is 14.1. The molecule has 0 aliphatic heterocycles. The van der Waals surface area contributed by atoms with Crippen molar-refractivity contribution in [2.45, 2.75) is 30.3 Å². The van der Waals surface area contributed by atoms with Crippen LogP contribution in [0.5, 0.6) is 0 Å². The van der Waals surface area contributed by atoms with Gasteiger partial charge in [0.2, 0.25) is 10.0 Å². The molecular weight excluding hydrogens is 375 g/mol. The van der Waals surface area contributed by atoms with Gasteiger partial charge in [-0.05, 0) is 42.5 Å². The Balaban J connectivity index is 1.87. The van der Waals surface area contributed by atoms with Gasteiger partial charge >= 0.3 is 0 Å². The van der Waals surface area contributed by atoms with Crippen molar-refractivity contribution in [2.24, 2.45) is 0 Å². The van der Waals surface area contributed by atoms with Gasteiger partial charge in [-0.15, -0.1) is 17.9 Å². The highest BCUT2D eigenvalue weighted by molar-refractivity contribution is 7.89. The van der Waals surface area contributed by atoms with Crippen LogP contribution in [0.3, 0.4) is 0 Å². The predicted octanol–water partition coefficient (Wildman–Crippen LogP) is 3.16. The third-order valence-electron chi connectivity index (χ3n) is 3.93. The number of carbonyl (C=O) groups is 1. The number of amides is 1. The number of hydrogen-bond acceptors (Lipinski definition) is 4. The molecule has 0 atom stereocenters. The van der Waals surface area contributed by atoms with Gasteiger partial charge in [0.05, 0.1) is 6.54 Å². The Hall–Kier alpha value is -2.03. The molecule has 1 aromatic heterocycles. The minimum absolute atomic E-state index is 0.126. The average Bonchev–Trinajstić information content (AvgIpc) is 3.25. The first-order valence-electron chi connectivity index (χ1n) is 8.15. The van der Waals surface area contributed by atoms with E-state index in [9.17, 15) is 17.6 Å². The minimum Gasteiger partial charge on any atom is -0.330 e. The normalized spacial score (nSPS) is 14.2. The molecule has 0 unspecified atom stereocenters. The number of nitrogens with zero attached hydrogens (tertiary/aromatic N) is 1. The van der Waals surface area contributed by atoms with E-state index in [0.717, 1.165) is 29.9 Å². The van der Waals surface area contributed by atoms with Gasteiger partial charge in [0, 0.05) is 23.0 Å². The van der Waals surface area contributed by atoms with Gasteiger partial charge in [-0.1, -0.05) is 12.1 Å². The minimum atomic E-state index is -3.99. The lowest BCUT2D eigenvalue weighted by atomic mass is 10.2. The van der Waals surface area contributed by atoms with Crippen LogP contribution in [0.1, 0.15) is 28.1 Å². The molecular formula is C18H19FN2O3S2. The van der Waals surface area contributed by atoms with E-state index in [1.807, 2.05) is 17.5 Å². The van der Waals surface area contributed by atoms with Crippen molar-refractivity contribution in [3.8, 4) is 0 Å². The van der Waals surface area contributed by atoms with E-state index in [0.29, 0.717) is 13.1 Å². The Bertz CT molecular complexity index is 907. The highest BCUT2D eigenvalue weighted by atomic mass is 32.2. The summed E-state index contributed by atoms with van der Waals surface area (Å²) in [6.45, 7) is 4.34. The van der Waals surface area contributed by atoms with Gasteiger partial charge in [0.25, 0.3) is 5.91 Å². The lowest BCUT2D eigenvalue weighted by Gasteiger charge is -2.21. The molecule has 8 heteroatoms. The van der Waals surface area contributed by atoms with Crippen LogP contribution in [0.4, 0.5) is 4.39 Å². The fraction of sp³-hybridized carbons (Fsp3) is 0.278. The van der Waals surface area contributed by atoms with Gasteiger partial charge in [-0.25, -0.2) is 17.5 Å². The van der Waals surface area contributed by atoms with Crippen LogP contribution in [0.15, 0.2) is 53.3 Å². The summed E-state index contributed by atoms with van der Waals surface area (Å²) in [5, 5.41) is 1.91. The zero-order valence-corrected chi connectivity index (χ0v) is 15.7. The Morgan fingerprint density at radius 1 is 1.38 bits per heavy atom. The molecule has 26 heavy (non-hydrogen) atoms. The maximum Gasteiger partial charge on any atom is 0.254 e. The zero-order chi connectivity index (χ0) is 18.7. The first-order chi connectivity index (χ1) is 12.4. The Labute approximate surface area is 156 Å². The predicted molar refractivity (Wildman–Crippen MR) is 99.0 cm³/mol. The summed E-state index contributed by atoms with van der Waals surface area (Å²) in [4.78, 5) is 14.9. The van der Waals surface area contributed by atoms with Crippen molar-refractivity contribution in [3.05, 3.63) is 64.6 Å². The van der Waals surface area contributed by atoms with Crippen molar-refractivity contribution in [1.82, 2.24) is 9.62 Å². The number of thiophene rings is 1. The van der Waals surface area contributed by atoms with Gasteiger partial charge in [-0.2, -0.15) is 0 Å². The van der Waals surface area contributed by atoms with E-state index < -0.39 is 20.7 Å². The number of benzene rings is 1. The molecule has 0 saturated heterocycles. The summed E-state index contributed by atoms with van der Waals surface area (Å²) < 4.78 is 41.2. The standard InChI is InChI=1S/C18H19FN2O3S2/c1-2-9-21(12-15-4-3-10-25-15)18(22)13-5-8-16(19)17(11-13)26(23,24)20-14-6-7-14/h2-5,8,10-11,14,20H,1,6-7,9,12H2. The molecule has 0 spiro atoms. The fourth-order valence-corrected chi connectivity index (χ4v) is 4.60. The summed E-state index contributed by atoms with van der Waals surface area (Å²) in [6.07, 6.45) is 3.09. The number of hydrogen-bond donors (Lipinski definition) is 1. The number of nitrogens with one attached hydrogen (secondary N) is 1. The quantitative estimate of drug-likeness (QED) is 0.700. The number of carbonyl (C=O) groups excluding carboxylic acids is 1. The first kappa shape index (κ1) is 18.8. The molecule has 1 aromatic carbocycles. The molecule has 1 heterocycles. The van der Waals surface area contributed by atoms with Crippen molar-refractivity contribution in [1.29, 1.82) is 0 Å². The summed E-state index contributed by atoms with van der Waals surface area (Å²) in [6, 6.07) is 7.09. The lowest BCUT2D eigenvalue weighted by molar-refractivity contribution is 0.0764. The first-order valence-corrected chi connectivity index (χ1v) is 10.5. The van der Waals surface area contributed by atoms with E-state index in [4.69, 9.17) is 0 Å². The van der Waals surface area contributed by atoms with Gasteiger partial charge < -0.3 is 4.90 Å². The molecule has 5 nitrogen and oxygen atoms in total. The average molecular weight is 394 g/mol. The molecule has 1 N–H and O–H groups in total. The molecule has 1 aliphatic rings. The van der Waals surface area contributed by atoms with E-state index in [-0.39, 0.29) is 17.5 Å². The second-order valence-corrected chi connectivity index (χ2v) is 8.81. The number of rotatable bonds is 8. The molecule has 138 valence electrons. The Kier molecular flexibility index (Phi) is 5.55. The van der Waals surface area contributed by atoms with E-state index >= 15 is 0 Å². The Morgan fingerprint density at radius 2 is 2.15 bits per heavy atom. The van der Waals surface area contributed by atoms with E-state index in [2.05, 4.69) is 11.3 Å². The number of halogens is 1. The molecule has 0 bridgehead atoms. The van der Waals surface area contributed by atoms with E-state index in [1.54, 1.807) is 6.08 Å². The Morgan fingerprint density at radius 3 is 2.77 bits per heavy atom. The monoisotopic (exact) mass is 394 g/mol. The lowest BCUT2D eigenvalue weighted by Crippen LogP contribution is -2.31. The van der Waals surface area contributed by atoms with Crippen LogP contribution in [-0.4, -0.2) is 31.8 Å². The van der Waals surface area contributed by atoms with E-state index in [1.165, 1.54) is 22.3 Å². The maximum absolute atomic E-state index is 14.1. The summed E-state index contributed by atoms with van der Waals surface area (Å²) in [5.74, 6) is -1.25. The second kappa shape index (κ2) is 7.69. The van der Waals surface area contributed by atoms with Gasteiger partial charge in [-0.3, -0.25) is 4.79 Å². The molecule has 0 radical (unpaired) electrons. The molecule has 1 aliphatic carbocycles. The third kappa shape index (κ3) is 4.38. The second-order valence-electron chi connectivity index (χ2n) is 6.09. The molecule has 2 aromatic rings. The molecule has 1 fully saturated rings. The summed E-state index contributed by atoms with van der Waals surface area (Å²) in [7, 11) is -3.99. The topological polar surface area (TPSA) is 66.5 Å². The van der Waals surface area contributed by atoms with Crippen molar-refractivity contribution in [2.75, 3.05) is 6.54 Å². The largest absolute Gasteiger partial charge is 0.330 e. The molecule has 3 rings (SSSR count). The molecule has 1 saturated carbocycles. The van der Waals surface area contributed by atoms with Gasteiger partial charge in [0.15, 0.2) is 0 Å². The zero-order valence-electron chi connectivity index (χ0n) is 14.0. The van der Waals surface area contributed by atoms with Crippen molar-refractivity contribution < 1.29 is 17.6 Å². The van der Waals surface area contributed by atoms with Crippen LogP contribution in [0.25, 0.3) is 0 Å².